The highest BCUT2D eigenvalue weighted by Gasteiger charge is 2.27. The van der Waals surface area contributed by atoms with Crippen LogP contribution in [0.4, 0.5) is 5.82 Å². The molecule has 2 aliphatic carbocycles. The topological polar surface area (TPSA) is 58.1 Å². The van der Waals surface area contributed by atoms with Gasteiger partial charge in [-0.25, -0.2) is 9.97 Å². The van der Waals surface area contributed by atoms with Gasteiger partial charge in [-0.05, 0) is 50.6 Å². The average molecular weight is 337 g/mol. The molecule has 0 unspecified atom stereocenters. The molecule has 1 atom stereocenters. The van der Waals surface area contributed by atoms with Crippen LogP contribution >= 0.6 is 11.6 Å². The highest BCUT2D eigenvalue weighted by molar-refractivity contribution is 6.28. The molecular weight excluding hydrogens is 312 g/mol. The maximum Gasteiger partial charge on any atom is 0.242 e. The predicted octanol–water partition coefficient (Wildman–Crippen LogP) is 2.89. The lowest BCUT2D eigenvalue weighted by Gasteiger charge is -2.30. The highest BCUT2D eigenvalue weighted by atomic mass is 35.5. The number of halogens is 1. The maximum atomic E-state index is 12.6. The Morgan fingerprint density at radius 2 is 1.96 bits per heavy atom. The summed E-state index contributed by atoms with van der Waals surface area (Å²) in [7, 11) is 1.92. The number of fused-ring (bicyclic) bond motifs is 1. The quantitative estimate of drug-likeness (QED) is 0.859. The molecule has 3 rings (SSSR count). The fraction of sp³-hybridized carbons (Fsp3) is 0.706. The van der Waals surface area contributed by atoms with Crippen LogP contribution in [0.2, 0.25) is 5.28 Å². The van der Waals surface area contributed by atoms with E-state index in [9.17, 15) is 4.79 Å². The average Bonchev–Trinajstić information content (AvgIpc) is 3.01. The Kier molecular flexibility index (Phi) is 5.05. The molecule has 1 fully saturated rings. The van der Waals surface area contributed by atoms with E-state index >= 15 is 0 Å². The van der Waals surface area contributed by atoms with Crippen LogP contribution in [0.5, 0.6) is 0 Å². The molecule has 1 heterocycles. The van der Waals surface area contributed by atoms with Gasteiger partial charge in [0.1, 0.15) is 11.9 Å². The van der Waals surface area contributed by atoms with Crippen LogP contribution in [0, 0.1) is 0 Å². The van der Waals surface area contributed by atoms with Gasteiger partial charge in [0.15, 0.2) is 0 Å². The number of nitrogens with one attached hydrogen (secondary N) is 1. The van der Waals surface area contributed by atoms with Crippen molar-refractivity contribution in [1.82, 2.24) is 15.3 Å². The first-order valence-electron chi connectivity index (χ1n) is 8.64. The third-order valence-corrected chi connectivity index (χ3v) is 5.30. The van der Waals surface area contributed by atoms with Crippen molar-refractivity contribution < 1.29 is 4.79 Å². The van der Waals surface area contributed by atoms with Crippen LogP contribution in [-0.4, -0.2) is 35.0 Å². The molecule has 1 aromatic rings. The fourth-order valence-electron chi connectivity index (χ4n) is 3.60. The van der Waals surface area contributed by atoms with E-state index in [4.69, 9.17) is 11.6 Å². The summed E-state index contributed by atoms with van der Waals surface area (Å²) < 4.78 is 0. The second kappa shape index (κ2) is 7.04. The minimum Gasteiger partial charge on any atom is -0.352 e. The minimum absolute atomic E-state index is 0.0703. The summed E-state index contributed by atoms with van der Waals surface area (Å²) in [5, 5.41) is 3.47. The van der Waals surface area contributed by atoms with Crippen LogP contribution < -0.4 is 10.2 Å². The molecular formula is C17H25ClN4O. The lowest BCUT2D eigenvalue weighted by atomic mass is 9.95. The van der Waals surface area contributed by atoms with E-state index in [-0.39, 0.29) is 17.2 Å². The number of aromatic nitrogens is 2. The normalized spacial score (nSPS) is 19.3. The van der Waals surface area contributed by atoms with Crippen LogP contribution in [0.25, 0.3) is 0 Å². The van der Waals surface area contributed by atoms with Crippen LogP contribution in [0.3, 0.4) is 0 Å². The molecule has 1 N–H and O–H groups in total. The summed E-state index contributed by atoms with van der Waals surface area (Å²) in [4.78, 5) is 23.2. The number of hydrogen-bond acceptors (Lipinski definition) is 4. The van der Waals surface area contributed by atoms with Gasteiger partial charge >= 0.3 is 0 Å². The first-order valence-corrected chi connectivity index (χ1v) is 9.02. The maximum absolute atomic E-state index is 12.6. The Labute approximate surface area is 142 Å². The lowest BCUT2D eigenvalue weighted by molar-refractivity contribution is -0.122. The standard InChI is InChI=1S/C17H25ClN4O/c1-11(16(23)19-12-7-4-3-5-8-12)22(2)15-13-9-6-10-14(13)20-17(18)21-15/h11-12H,3-10H2,1-2H3,(H,19,23)/t11-/m1/s1. The van der Waals surface area contributed by atoms with Crippen molar-refractivity contribution >= 4 is 23.3 Å². The van der Waals surface area contributed by atoms with Gasteiger partial charge in [0.2, 0.25) is 11.2 Å². The zero-order chi connectivity index (χ0) is 16.4. The summed E-state index contributed by atoms with van der Waals surface area (Å²) in [6, 6.07) is 0.0550. The third-order valence-electron chi connectivity index (χ3n) is 5.13. The van der Waals surface area contributed by atoms with Crippen LogP contribution in [0.1, 0.15) is 56.7 Å². The lowest BCUT2D eigenvalue weighted by Crippen LogP contribution is -2.48. The highest BCUT2D eigenvalue weighted by Crippen LogP contribution is 2.30. The third kappa shape index (κ3) is 3.60. The van der Waals surface area contributed by atoms with E-state index in [0.717, 1.165) is 49.2 Å². The summed E-state index contributed by atoms with van der Waals surface area (Å²) in [6.45, 7) is 1.93. The molecule has 0 bridgehead atoms. The molecule has 2 aliphatic rings. The van der Waals surface area contributed by atoms with Crippen molar-refractivity contribution in [2.24, 2.45) is 0 Å². The number of carbonyl (C=O) groups excluding carboxylic acids is 1. The SMILES string of the molecule is C[C@H](C(=O)NC1CCCCC1)N(C)c1nc(Cl)nc2c1CCC2. The van der Waals surface area contributed by atoms with Gasteiger partial charge in [-0.1, -0.05) is 19.3 Å². The number of carbonyl (C=O) groups is 1. The Morgan fingerprint density at radius 1 is 1.22 bits per heavy atom. The monoisotopic (exact) mass is 336 g/mol. The summed E-state index contributed by atoms with van der Waals surface area (Å²) in [5.41, 5.74) is 2.18. The number of hydrogen-bond donors (Lipinski definition) is 1. The number of anilines is 1. The van der Waals surface area contributed by atoms with Crippen molar-refractivity contribution in [3.63, 3.8) is 0 Å². The zero-order valence-corrected chi connectivity index (χ0v) is 14.7. The van der Waals surface area contributed by atoms with Gasteiger partial charge in [0.05, 0.1) is 5.69 Å². The van der Waals surface area contributed by atoms with E-state index < -0.39 is 0 Å². The zero-order valence-electron chi connectivity index (χ0n) is 13.9. The molecule has 0 saturated heterocycles. The van der Waals surface area contributed by atoms with E-state index in [1.54, 1.807) is 0 Å². The van der Waals surface area contributed by atoms with E-state index in [2.05, 4.69) is 15.3 Å². The van der Waals surface area contributed by atoms with Gasteiger partial charge in [-0.2, -0.15) is 0 Å². The largest absolute Gasteiger partial charge is 0.352 e. The Morgan fingerprint density at radius 3 is 2.70 bits per heavy atom. The first-order chi connectivity index (χ1) is 11.1. The molecule has 0 spiro atoms. The molecule has 0 aromatic carbocycles. The van der Waals surface area contributed by atoms with Crippen molar-refractivity contribution in [3.05, 3.63) is 16.5 Å². The van der Waals surface area contributed by atoms with Gasteiger partial charge < -0.3 is 10.2 Å². The Hall–Kier alpha value is -1.36. The molecule has 0 radical (unpaired) electrons. The van der Waals surface area contributed by atoms with Crippen LogP contribution in [-0.2, 0) is 17.6 Å². The minimum atomic E-state index is -0.271. The van der Waals surface area contributed by atoms with E-state index in [1.165, 1.54) is 19.3 Å². The molecule has 23 heavy (non-hydrogen) atoms. The Bertz CT molecular complexity index is 586. The second-order valence-electron chi connectivity index (χ2n) is 6.73. The van der Waals surface area contributed by atoms with E-state index in [0.29, 0.717) is 6.04 Å². The smallest absolute Gasteiger partial charge is 0.242 e. The van der Waals surface area contributed by atoms with Gasteiger partial charge in [-0.15, -0.1) is 0 Å². The molecule has 126 valence electrons. The van der Waals surface area contributed by atoms with Gasteiger partial charge in [-0.3, -0.25) is 4.79 Å². The molecule has 0 aliphatic heterocycles. The summed E-state index contributed by atoms with van der Waals surface area (Å²) in [5.74, 6) is 0.879. The number of aryl methyl sites for hydroxylation is 1. The fourth-order valence-corrected chi connectivity index (χ4v) is 3.79. The first kappa shape index (κ1) is 16.5. The van der Waals surface area contributed by atoms with Crippen molar-refractivity contribution in [1.29, 1.82) is 0 Å². The summed E-state index contributed by atoms with van der Waals surface area (Å²) in [6.07, 6.45) is 8.88. The number of likely N-dealkylation sites (N-methyl/N-ethyl adjacent to an activating group) is 1. The molecule has 6 heteroatoms. The van der Waals surface area contributed by atoms with Crippen LogP contribution in [0.15, 0.2) is 0 Å². The number of amides is 1. The molecule has 1 saturated carbocycles. The predicted molar refractivity (Wildman–Crippen MR) is 91.9 cm³/mol. The van der Waals surface area contributed by atoms with E-state index in [1.807, 2.05) is 18.9 Å². The Balaban J connectivity index is 1.72. The summed E-state index contributed by atoms with van der Waals surface area (Å²) >= 11 is 6.06. The van der Waals surface area contributed by atoms with Gasteiger partial charge in [0, 0.05) is 18.7 Å². The van der Waals surface area contributed by atoms with Gasteiger partial charge in [0.25, 0.3) is 0 Å². The molecule has 5 nitrogen and oxygen atoms in total. The second-order valence-corrected chi connectivity index (χ2v) is 7.06. The number of rotatable bonds is 4. The number of nitrogens with zero attached hydrogens (tertiary/aromatic N) is 3. The molecule has 1 amide bonds. The van der Waals surface area contributed by atoms with Crippen molar-refractivity contribution in [3.8, 4) is 0 Å². The van der Waals surface area contributed by atoms with Crippen molar-refractivity contribution in [2.75, 3.05) is 11.9 Å². The molecule has 1 aromatic heterocycles. The van der Waals surface area contributed by atoms with Crippen molar-refractivity contribution in [2.45, 2.75) is 70.4 Å².